The second-order valence-electron chi connectivity index (χ2n) is 18.6. The van der Waals surface area contributed by atoms with Crippen LogP contribution in [0.4, 0.5) is 0 Å². The van der Waals surface area contributed by atoms with Gasteiger partial charge in [0, 0.05) is 5.92 Å². The minimum Gasteiger partial charge on any atom is -0.459 e. The number of hydrogen-bond donors (Lipinski definition) is 0. The van der Waals surface area contributed by atoms with Gasteiger partial charge in [0.25, 0.3) is 0 Å². The molecule has 0 aromatic heterocycles. The topological polar surface area (TPSA) is 122 Å². The van der Waals surface area contributed by atoms with Gasteiger partial charge in [-0.2, -0.15) is 0 Å². The molecule has 0 aromatic rings. The smallest absolute Gasteiger partial charge is 0.320 e. The normalized spacial score (nSPS) is 57.4. The number of carbonyl (C=O) groups is 5. The van der Waals surface area contributed by atoms with Gasteiger partial charge >= 0.3 is 29.8 Å². The van der Waals surface area contributed by atoms with Crippen LogP contribution in [0.15, 0.2) is 0 Å². The summed E-state index contributed by atoms with van der Waals surface area (Å²) in [5.74, 6) is -2.59. The third-order valence-electron chi connectivity index (χ3n) is 16.7. The second kappa shape index (κ2) is 10.4. The molecule has 0 N–H and O–H groups in total. The Balaban J connectivity index is 0.952. The van der Waals surface area contributed by atoms with Crippen molar-refractivity contribution in [1.82, 2.24) is 0 Å². The number of carbonyl (C=O) groups excluding carboxylic acids is 5. The van der Waals surface area contributed by atoms with Gasteiger partial charge in [-0.1, -0.05) is 20.3 Å². The molecule has 10 rings (SSSR count). The number of fused-ring (bicyclic) bond motifs is 12. The van der Waals surface area contributed by atoms with Gasteiger partial charge in [0.15, 0.2) is 0 Å². The Morgan fingerprint density at radius 2 is 1.40 bits per heavy atom. The van der Waals surface area contributed by atoms with E-state index in [-0.39, 0.29) is 35.7 Å². The van der Waals surface area contributed by atoms with E-state index in [9.17, 15) is 24.0 Å². The van der Waals surface area contributed by atoms with Gasteiger partial charge in [0.2, 0.25) is 0 Å². The fourth-order valence-corrected chi connectivity index (χ4v) is 15.1. The molecule has 7 aliphatic carbocycles. The molecule has 20 unspecified atom stereocenters. The summed E-state index contributed by atoms with van der Waals surface area (Å²) in [5.41, 5.74) is -0.460. The Morgan fingerprint density at radius 1 is 0.667 bits per heavy atom. The van der Waals surface area contributed by atoms with Crippen molar-refractivity contribution in [3.8, 4) is 0 Å². The summed E-state index contributed by atoms with van der Waals surface area (Å²) in [7, 11) is 0. The van der Waals surface area contributed by atoms with Crippen molar-refractivity contribution in [2.75, 3.05) is 0 Å². The summed E-state index contributed by atoms with van der Waals surface area (Å²) in [6.07, 6.45) is 11.4. The molecule has 9 heteroatoms. The van der Waals surface area contributed by atoms with E-state index in [0.29, 0.717) is 48.3 Å². The summed E-state index contributed by atoms with van der Waals surface area (Å²) in [6.45, 7) is 6.01. The predicted molar refractivity (Wildman–Crippen MR) is 167 cm³/mol. The van der Waals surface area contributed by atoms with Crippen molar-refractivity contribution in [3.05, 3.63) is 0 Å². The van der Waals surface area contributed by atoms with Crippen molar-refractivity contribution in [3.63, 3.8) is 0 Å². The summed E-state index contributed by atoms with van der Waals surface area (Å²) in [6, 6.07) is 0. The summed E-state index contributed by atoms with van der Waals surface area (Å²) in [4.78, 5) is 67.9. The van der Waals surface area contributed by atoms with Crippen LogP contribution >= 0.6 is 0 Å². The fraction of sp³-hybridized carbons (Fsp3) is 0.872. The molecule has 48 heavy (non-hydrogen) atoms. The lowest BCUT2D eigenvalue weighted by atomic mass is 9.59. The van der Waals surface area contributed by atoms with Crippen LogP contribution < -0.4 is 0 Å². The lowest BCUT2D eigenvalue weighted by Gasteiger charge is -2.46. The quantitative estimate of drug-likeness (QED) is 0.224. The van der Waals surface area contributed by atoms with Crippen LogP contribution in [0.3, 0.4) is 0 Å². The molecular formula is C39H50O9. The molecule has 3 heterocycles. The average molecular weight is 663 g/mol. The van der Waals surface area contributed by atoms with Gasteiger partial charge < -0.3 is 18.9 Å². The molecule has 260 valence electrons. The molecule has 7 saturated carbocycles. The van der Waals surface area contributed by atoms with E-state index in [4.69, 9.17) is 18.9 Å². The number of hydrogen-bond acceptors (Lipinski definition) is 9. The Hall–Kier alpha value is -2.29. The Labute approximate surface area is 282 Å². The molecule has 0 amide bonds. The molecule has 20 atom stereocenters. The molecule has 0 aromatic carbocycles. The lowest BCUT2D eigenvalue weighted by Crippen LogP contribution is -2.52. The molecule has 10 aliphatic rings. The highest BCUT2D eigenvalue weighted by molar-refractivity contribution is 5.98. The van der Waals surface area contributed by atoms with E-state index < -0.39 is 71.1 Å². The third-order valence-corrected chi connectivity index (χ3v) is 16.7. The molecular weight excluding hydrogens is 612 g/mol. The molecule has 0 radical (unpaired) electrons. The number of esters is 5. The van der Waals surface area contributed by atoms with Crippen molar-refractivity contribution >= 4 is 29.8 Å². The highest BCUT2D eigenvalue weighted by Crippen LogP contribution is 2.66. The van der Waals surface area contributed by atoms with Crippen LogP contribution in [-0.2, 0) is 42.9 Å². The van der Waals surface area contributed by atoms with Crippen LogP contribution in [0.25, 0.3) is 0 Å². The first-order valence-corrected chi connectivity index (χ1v) is 19.4. The van der Waals surface area contributed by atoms with Gasteiger partial charge in [-0.15, -0.1) is 0 Å². The van der Waals surface area contributed by atoms with Crippen LogP contribution in [0.1, 0.15) is 91.4 Å². The van der Waals surface area contributed by atoms with Crippen LogP contribution in [-0.4, -0.2) is 47.7 Å². The van der Waals surface area contributed by atoms with Gasteiger partial charge in [0.05, 0.1) is 41.8 Å². The first kappa shape index (κ1) is 30.5. The highest BCUT2D eigenvalue weighted by Gasteiger charge is 2.69. The SMILES string of the molecule is CC1CC2C3CCC(C3)C2OC1C1C(=O)OC(=O)C1C1C2CC(C(=O)OC3(C)CC4CC3C3CCCC43)C(C2)C1C1C(=O)OC(=O)C1C. The fourth-order valence-electron chi connectivity index (χ4n) is 15.1. The summed E-state index contributed by atoms with van der Waals surface area (Å²) in [5, 5.41) is 0. The molecule has 6 bridgehead atoms. The van der Waals surface area contributed by atoms with Gasteiger partial charge in [-0.25, -0.2) is 0 Å². The maximum atomic E-state index is 14.2. The standard InChI is InChI=1S/C39H50O9/c1-15-9-23-17-7-8-18(10-17)33(23)45-32(15)31-30(37(43)47-38(31)44)28-19-11-24(29(28)27-16(2)34(40)46-36(27)42)25(12-19)35(41)48-39(3)14-20-13-26(39)22-6-4-5-21(20)22/h15-33H,4-14H2,1-3H3. The van der Waals surface area contributed by atoms with Gasteiger partial charge in [-0.3, -0.25) is 24.0 Å². The van der Waals surface area contributed by atoms with E-state index in [1.165, 1.54) is 32.1 Å². The van der Waals surface area contributed by atoms with Crippen molar-refractivity contribution in [2.24, 2.45) is 101 Å². The largest absolute Gasteiger partial charge is 0.459 e. The van der Waals surface area contributed by atoms with Gasteiger partial charge in [0.1, 0.15) is 5.60 Å². The third kappa shape index (κ3) is 4.03. The monoisotopic (exact) mass is 662 g/mol. The first-order chi connectivity index (χ1) is 23.0. The zero-order valence-corrected chi connectivity index (χ0v) is 28.4. The number of cyclic esters (lactones) is 4. The number of ether oxygens (including phenoxy) is 4. The van der Waals surface area contributed by atoms with Gasteiger partial charge in [-0.05, 0) is 136 Å². The van der Waals surface area contributed by atoms with Crippen LogP contribution in [0, 0.1) is 101 Å². The molecule has 0 spiro atoms. The Morgan fingerprint density at radius 3 is 2.19 bits per heavy atom. The van der Waals surface area contributed by atoms with E-state index in [1.807, 2.05) is 0 Å². The van der Waals surface area contributed by atoms with E-state index in [1.54, 1.807) is 6.92 Å². The summed E-state index contributed by atoms with van der Waals surface area (Å²) >= 11 is 0. The van der Waals surface area contributed by atoms with E-state index in [2.05, 4.69) is 13.8 Å². The van der Waals surface area contributed by atoms with Crippen LogP contribution in [0.2, 0.25) is 0 Å². The van der Waals surface area contributed by atoms with E-state index in [0.717, 1.165) is 31.6 Å². The zero-order chi connectivity index (χ0) is 33.0. The summed E-state index contributed by atoms with van der Waals surface area (Å²) < 4.78 is 24.1. The Bertz CT molecular complexity index is 1470. The average Bonchev–Trinajstić information content (AvgIpc) is 3.88. The molecule has 3 aliphatic heterocycles. The lowest BCUT2D eigenvalue weighted by molar-refractivity contribution is -0.179. The zero-order valence-electron chi connectivity index (χ0n) is 28.4. The molecule has 9 nitrogen and oxygen atoms in total. The van der Waals surface area contributed by atoms with Crippen molar-refractivity contribution in [1.29, 1.82) is 0 Å². The first-order valence-electron chi connectivity index (χ1n) is 19.4. The second-order valence-corrected chi connectivity index (χ2v) is 18.6. The van der Waals surface area contributed by atoms with Crippen molar-refractivity contribution in [2.45, 2.75) is 109 Å². The highest BCUT2D eigenvalue weighted by atomic mass is 16.6. The minimum atomic E-state index is -0.769. The maximum absolute atomic E-state index is 14.2. The Kier molecular flexibility index (Phi) is 6.60. The predicted octanol–water partition coefficient (Wildman–Crippen LogP) is 5.12. The molecule has 10 fully saturated rings. The number of rotatable bonds is 5. The van der Waals surface area contributed by atoms with E-state index >= 15 is 0 Å². The molecule has 3 saturated heterocycles. The van der Waals surface area contributed by atoms with Crippen molar-refractivity contribution < 1.29 is 42.9 Å². The minimum absolute atomic E-state index is 0.0691. The van der Waals surface area contributed by atoms with Crippen LogP contribution in [0.5, 0.6) is 0 Å². The maximum Gasteiger partial charge on any atom is 0.320 e.